The number of benzene rings is 2. The van der Waals surface area contributed by atoms with Crippen LogP contribution in [0, 0.1) is 0 Å². The number of ether oxygens (including phenoxy) is 3. The van der Waals surface area contributed by atoms with Crippen molar-refractivity contribution in [3.05, 3.63) is 88.7 Å². The SMILES string of the molecule is CC1=CC(O/C=C(/C(=O)OCc2ccc(Cl)cc2)c2ccccc2)OC1=O. The molecule has 0 saturated heterocycles. The highest BCUT2D eigenvalue weighted by Crippen LogP contribution is 2.20. The summed E-state index contributed by atoms with van der Waals surface area (Å²) < 4.78 is 15.9. The van der Waals surface area contributed by atoms with Crippen molar-refractivity contribution in [2.24, 2.45) is 0 Å². The van der Waals surface area contributed by atoms with Crippen molar-refractivity contribution in [1.82, 2.24) is 0 Å². The maximum atomic E-state index is 12.6. The quantitative estimate of drug-likeness (QED) is 0.423. The lowest BCUT2D eigenvalue weighted by Crippen LogP contribution is -2.12. The summed E-state index contributed by atoms with van der Waals surface area (Å²) in [5.41, 5.74) is 2.12. The molecule has 0 radical (unpaired) electrons. The summed E-state index contributed by atoms with van der Waals surface area (Å²) in [5, 5.41) is 0.609. The standard InChI is InChI=1S/C21H17ClO5/c1-14-11-19(27-20(14)23)25-13-18(16-5-3-2-4-6-16)21(24)26-12-15-7-9-17(22)10-8-15/h2-11,13,19H,12H2,1H3/b18-13+. The van der Waals surface area contributed by atoms with Crippen molar-refractivity contribution >= 4 is 29.1 Å². The topological polar surface area (TPSA) is 61.8 Å². The van der Waals surface area contributed by atoms with E-state index in [9.17, 15) is 9.59 Å². The number of cyclic esters (lactones) is 1. The van der Waals surface area contributed by atoms with Crippen molar-refractivity contribution in [2.75, 3.05) is 0 Å². The Morgan fingerprint density at radius 3 is 2.48 bits per heavy atom. The maximum Gasteiger partial charge on any atom is 0.342 e. The first-order chi connectivity index (χ1) is 13.0. The van der Waals surface area contributed by atoms with Crippen LogP contribution in [-0.2, 0) is 30.4 Å². The Bertz CT molecular complexity index is 885. The molecular formula is C21H17ClO5. The van der Waals surface area contributed by atoms with Crippen LogP contribution in [0.2, 0.25) is 5.02 Å². The average Bonchev–Trinajstić information content (AvgIpc) is 3.00. The second kappa shape index (κ2) is 8.56. The molecule has 0 amide bonds. The molecule has 1 atom stereocenters. The van der Waals surface area contributed by atoms with Gasteiger partial charge < -0.3 is 14.2 Å². The maximum absolute atomic E-state index is 12.6. The van der Waals surface area contributed by atoms with Gasteiger partial charge in [-0.1, -0.05) is 54.1 Å². The summed E-state index contributed by atoms with van der Waals surface area (Å²) in [6.45, 7) is 1.73. The van der Waals surface area contributed by atoms with Gasteiger partial charge in [-0.05, 0) is 30.2 Å². The van der Waals surface area contributed by atoms with E-state index in [2.05, 4.69) is 0 Å². The molecule has 1 unspecified atom stereocenters. The number of hydrogen-bond donors (Lipinski definition) is 0. The number of carbonyl (C=O) groups is 2. The molecule has 1 aliphatic rings. The zero-order chi connectivity index (χ0) is 19.2. The summed E-state index contributed by atoms with van der Waals surface area (Å²) in [5.74, 6) is -0.999. The molecule has 6 heteroatoms. The van der Waals surface area contributed by atoms with Crippen LogP contribution in [0.15, 0.2) is 72.5 Å². The van der Waals surface area contributed by atoms with E-state index in [1.807, 2.05) is 6.07 Å². The van der Waals surface area contributed by atoms with Crippen molar-refractivity contribution in [1.29, 1.82) is 0 Å². The largest absolute Gasteiger partial charge is 0.458 e. The third kappa shape index (κ3) is 4.99. The first kappa shape index (κ1) is 18.7. The first-order valence-corrected chi connectivity index (χ1v) is 8.63. The van der Waals surface area contributed by atoms with Gasteiger partial charge in [-0.2, -0.15) is 0 Å². The average molecular weight is 385 g/mol. The lowest BCUT2D eigenvalue weighted by molar-refractivity contribution is -0.152. The third-order valence-electron chi connectivity index (χ3n) is 3.84. The predicted octanol–water partition coefficient (Wildman–Crippen LogP) is 4.27. The normalized spacial score (nSPS) is 16.5. The van der Waals surface area contributed by atoms with Crippen molar-refractivity contribution in [3.63, 3.8) is 0 Å². The van der Waals surface area contributed by atoms with E-state index in [1.165, 1.54) is 6.26 Å². The van der Waals surface area contributed by atoms with Crippen LogP contribution in [0.4, 0.5) is 0 Å². The number of rotatable bonds is 6. The van der Waals surface area contributed by atoms with Crippen LogP contribution in [0.3, 0.4) is 0 Å². The zero-order valence-corrected chi connectivity index (χ0v) is 15.3. The van der Waals surface area contributed by atoms with Crippen LogP contribution in [0.25, 0.3) is 5.57 Å². The number of esters is 2. The minimum absolute atomic E-state index is 0.0948. The number of carbonyl (C=O) groups excluding carboxylic acids is 2. The van der Waals surface area contributed by atoms with E-state index in [4.69, 9.17) is 25.8 Å². The summed E-state index contributed by atoms with van der Waals surface area (Å²) in [6, 6.07) is 16.0. The second-order valence-corrected chi connectivity index (χ2v) is 6.30. The molecule has 1 aliphatic heterocycles. The highest BCUT2D eigenvalue weighted by atomic mass is 35.5. The highest BCUT2D eigenvalue weighted by Gasteiger charge is 2.23. The molecule has 27 heavy (non-hydrogen) atoms. The fraction of sp³-hybridized carbons (Fsp3) is 0.143. The molecule has 0 N–H and O–H groups in total. The Balaban J connectivity index is 1.73. The van der Waals surface area contributed by atoms with Gasteiger partial charge in [0.25, 0.3) is 6.29 Å². The van der Waals surface area contributed by atoms with Crippen LogP contribution in [-0.4, -0.2) is 18.2 Å². The molecule has 3 rings (SSSR count). The number of hydrogen-bond acceptors (Lipinski definition) is 5. The zero-order valence-electron chi connectivity index (χ0n) is 14.6. The van der Waals surface area contributed by atoms with Crippen LogP contribution in [0.5, 0.6) is 0 Å². The molecule has 0 aromatic heterocycles. The van der Waals surface area contributed by atoms with E-state index in [0.29, 0.717) is 16.2 Å². The molecule has 1 heterocycles. The summed E-state index contributed by atoms with van der Waals surface area (Å²) >= 11 is 5.85. The summed E-state index contributed by atoms with van der Waals surface area (Å²) in [7, 11) is 0. The lowest BCUT2D eigenvalue weighted by Gasteiger charge is -2.12. The number of halogens is 1. The van der Waals surface area contributed by atoms with Gasteiger partial charge in [0.15, 0.2) is 0 Å². The third-order valence-corrected chi connectivity index (χ3v) is 4.09. The van der Waals surface area contributed by atoms with E-state index >= 15 is 0 Å². The molecule has 0 fully saturated rings. The van der Waals surface area contributed by atoms with Crippen molar-refractivity contribution < 1.29 is 23.8 Å². The summed E-state index contributed by atoms with van der Waals surface area (Å²) in [6.07, 6.45) is 1.94. The van der Waals surface area contributed by atoms with Crippen molar-refractivity contribution in [2.45, 2.75) is 19.8 Å². The van der Waals surface area contributed by atoms with Crippen LogP contribution >= 0.6 is 11.6 Å². The minimum atomic E-state index is -0.861. The van der Waals surface area contributed by atoms with Gasteiger partial charge in [0.05, 0.1) is 0 Å². The monoisotopic (exact) mass is 384 g/mol. The molecule has 2 aromatic carbocycles. The molecule has 0 spiro atoms. The molecule has 0 saturated carbocycles. The predicted molar refractivity (Wildman–Crippen MR) is 100 cm³/mol. The Morgan fingerprint density at radius 1 is 1.15 bits per heavy atom. The Labute approximate surface area is 161 Å². The molecule has 0 bridgehead atoms. The second-order valence-electron chi connectivity index (χ2n) is 5.86. The summed E-state index contributed by atoms with van der Waals surface area (Å²) in [4.78, 5) is 24.0. The Morgan fingerprint density at radius 2 is 1.85 bits per heavy atom. The molecule has 138 valence electrons. The minimum Gasteiger partial charge on any atom is -0.458 e. The van der Waals surface area contributed by atoms with Crippen molar-refractivity contribution in [3.8, 4) is 0 Å². The molecule has 0 aliphatic carbocycles. The van der Waals surface area contributed by atoms with Gasteiger partial charge in [-0.25, -0.2) is 9.59 Å². The fourth-order valence-electron chi connectivity index (χ4n) is 2.37. The highest BCUT2D eigenvalue weighted by molar-refractivity contribution is 6.30. The van der Waals surface area contributed by atoms with Gasteiger partial charge in [-0.15, -0.1) is 0 Å². The van der Waals surface area contributed by atoms with Gasteiger partial charge >= 0.3 is 11.9 Å². The van der Waals surface area contributed by atoms with Gasteiger partial charge in [0.2, 0.25) is 0 Å². The Kier molecular flexibility index (Phi) is 5.94. The van der Waals surface area contributed by atoms with E-state index in [-0.39, 0.29) is 12.2 Å². The molecule has 5 nitrogen and oxygen atoms in total. The van der Waals surface area contributed by atoms with E-state index < -0.39 is 18.2 Å². The van der Waals surface area contributed by atoms with E-state index in [0.717, 1.165) is 5.56 Å². The van der Waals surface area contributed by atoms with Gasteiger partial charge in [0.1, 0.15) is 18.4 Å². The van der Waals surface area contributed by atoms with Gasteiger partial charge in [-0.3, -0.25) is 0 Å². The lowest BCUT2D eigenvalue weighted by atomic mass is 10.1. The molecular weight excluding hydrogens is 368 g/mol. The van der Waals surface area contributed by atoms with Crippen LogP contribution in [0.1, 0.15) is 18.1 Å². The smallest absolute Gasteiger partial charge is 0.342 e. The fourth-order valence-corrected chi connectivity index (χ4v) is 2.49. The van der Waals surface area contributed by atoms with Gasteiger partial charge in [0, 0.05) is 16.7 Å². The molecule has 2 aromatic rings. The Hall–Kier alpha value is -3.05. The van der Waals surface area contributed by atoms with Crippen LogP contribution < -0.4 is 0 Å². The van der Waals surface area contributed by atoms with E-state index in [1.54, 1.807) is 61.5 Å². The first-order valence-electron chi connectivity index (χ1n) is 8.25.